The molecule has 0 aromatic carbocycles. The van der Waals surface area contributed by atoms with E-state index in [0.717, 1.165) is 27.4 Å². The third-order valence-corrected chi connectivity index (χ3v) is 4.15. The van der Waals surface area contributed by atoms with Gasteiger partial charge in [0.1, 0.15) is 17.2 Å². The topological polar surface area (TPSA) is 60.9 Å². The van der Waals surface area contributed by atoms with Crippen molar-refractivity contribution in [3.05, 3.63) is 41.6 Å². The molecule has 0 spiro atoms. The SMILES string of the molecule is Cc1ccn(C(C)c2nc3c4ccsc4ncn3n2)n1. The van der Waals surface area contributed by atoms with Crippen molar-refractivity contribution < 1.29 is 0 Å². The van der Waals surface area contributed by atoms with Gasteiger partial charge in [-0.1, -0.05) is 0 Å². The fourth-order valence-electron chi connectivity index (χ4n) is 2.23. The number of hydrogen-bond acceptors (Lipinski definition) is 5. The zero-order valence-corrected chi connectivity index (χ0v) is 11.9. The Hall–Kier alpha value is -2.28. The van der Waals surface area contributed by atoms with Crippen LogP contribution in [0.25, 0.3) is 15.9 Å². The predicted molar refractivity (Wildman–Crippen MR) is 76.9 cm³/mol. The molecule has 0 radical (unpaired) electrons. The molecule has 6 nitrogen and oxygen atoms in total. The molecule has 1 unspecified atom stereocenters. The lowest BCUT2D eigenvalue weighted by Crippen LogP contribution is -2.09. The smallest absolute Gasteiger partial charge is 0.176 e. The Balaban J connectivity index is 1.87. The molecule has 1 atom stereocenters. The van der Waals surface area contributed by atoms with Crippen molar-refractivity contribution in [2.75, 3.05) is 0 Å². The summed E-state index contributed by atoms with van der Waals surface area (Å²) < 4.78 is 3.61. The standard InChI is InChI=1S/C13H12N6S/c1-8-3-5-18(16-8)9(2)11-15-12-10-4-6-20-13(10)14-7-19(12)17-11/h3-7,9H,1-2H3. The first-order chi connectivity index (χ1) is 9.72. The third kappa shape index (κ3) is 1.63. The van der Waals surface area contributed by atoms with Crippen molar-refractivity contribution >= 4 is 27.2 Å². The lowest BCUT2D eigenvalue weighted by molar-refractivity contribution is 0.533. The van der Waals surface area contributed by atoms with Crippen LogP contribution in [-0.2, 0) is 0 Å². The highest BCUT2D eigenvalue weighted by molar-refractivity contribution is 7.16. The van der Waals surface area contributed by atoms with Crippen LogP contribution < -0.4 is 0 Å². The summed E-state index contributed by atoms with van der Waals surface area (Å²) in [4.78, 5) is 10.0. The molecule has 0 N–H and O–H groups in total. The molecule has 0 aliphatic carbocycles. The van der Waals surface area contributed by atoms with Gasteiger partial charge in [-0.3, -0.25) is 4.68 Å². The number of nitrogens with zero attached hydrogens (tertiary/aromatic N) is 6. The second kappa shape index (κ2) is 4.11. The van der Waals surface area contributed by atoms with E-state index < -0.39 is 0 Å². The second-order valence-corrected chi connectivity index (χ2v) is 5.63. The Labute approximate surface area is 118 Å². The predicted octanol–water partition coefficient (Wildman–Crippen LogP) is 2.45. The van der Waals surface area contributed by atoms with Crippen molar-refractivity contribution in [3.8, 4) is 0 Å². The lowest BCUT2D eigenvalue weighted by Gasteiger charge is -2.06. The molecule has 0 aliphatic heterocycles. The molecule has 4 aromatic heterocycles. The van der Waals surface area contributed by atoms with Crippen LogP contribution in [0.3, 0.4) is 0 Å². The Morgan fingerprint density at radius 2 is 2.15 bits per heavy atom. The van der Waals surface area contributed by atoms with E-state index in [1.54, 1.807) is 22.2 Å². The van der Waals surface area contributed by atoms with Gasteiger partial charge in [0.15, 0.2) is 11.5 Å². The van der Waals surface area contributed by atoms with Gasteiger partial charge in [-0.2, -0.15) is 5.10 Å². The average Bonchev–Trinajstić information content (AvgIpc) is 3.14. The average molecular weight is 284 g/mol. The molecule has 0 aliphatic rings. The summed E-state index contributed by atoms with van der Waals surface area (Å²) in [6.07, 6.45) is 3.66. The monoisotopic (exact) mass is 284 g/mol. The molecule has 4 heterocycles. The van der Waals surface area contributed by atoms with E-state index >= 15 is 0 Å². The maximum Gasteiger partial charge on any atom is 0.176 e. The van der Waals surface area contributed by atoms with Gasteiger partial charge in [0, 0.05) is 6.20 Å². The summed E-state index contributed by atoms with van der Waals surface area (Å²) in [5.74, 6) is 0.744. The van der Waals surface area contributed by atoms with Crippen molar-refractivity contribution in [2.45, 2.75) is 19.9 Å². The van der Waals surface area contributed by atoms with Gasteiger partial charge in [-0.15, -0.1) is 16.4 Å². The van der Waals surface area contributed by atoms with E-state index in [1.807, 2.05) is 42.2 Å². The summed E-state index contributed by atoms with van der Waals surface area (Å²) in [6, 6.07) is 4.01. The highest BCUT2D eigenvalue weighted by atomic mass is 32.1. The minimum Gasteiger partial charge on any atom is -0.262 e. The Morgan fingerprint density at radius 1 is 1.25 bits per heavy atom. The fraction of sp³-hybridized carbons (Fsp3) is 0.231. The summed E-state index contributed by atoms with van der Waals surface area (Å²) >= 11 is 1.61. The molecule has 4 aromatic rings. The maximum absolute atomic E-state index is 4.66. The minimum absolute atomic E-state index is 0.00251. The van der Waals surface area contributed by atoms with E-state index in [0.29, 0.717) is 0 Å². The molecule has 7 heteroatoms. The van der Waals surface area contributed by atoms with Gasteiger partial charge in [0.05, 0.1) is 11.1 Å². The zero-order valence-electron chi connectivity index (χ0n) is 11.1. The Kier molecular flexibility index (Phi) is 2.37. The number of aryl methyl sites for hydroxylation is 1. The number of fused-ring (bicyclic) bond motifs is 3. The Bertz CT molecular complexity index is 902. The van der Waals surface area contributed by atoms with Gasteiger partial charge >= 0.3 is 0 Å². The van der Waals surface area contributed by atoms with Crippen molar-refractivity contribution in [3.63, 3.8) is 0 Å². The van der Waals surface area contributed by atoms with E-state index in [9.17, 15) is 0 Å². The molecule has 100 valence electrons. The number of aromatic nitrogens is 6. The van der Waals surface area contributed by atoms with E-state index in [-0.39, 0.29) is 6.04 Å². The van der Waals surface area contributed by atoms with Crippen LogP contribution in [0.4, 0.5) is 0 Å². The quantitative estimate of drug-likeness (QED) is 0.567. The highest BCUT2D eigenvalue weighted by Gasteiger charge is 2.16. The first kappa shape index (κ1) is 11.5. The van der Waals surface area contributed by atoms with Crippen LogP contribution in [-0.4, -0.2) is 29.4 Å². The number of hydrogen-bond donors (Lipinski definition) is 0. The van der Waals surface area contributed by atoms with Gasteiger partial charge in [0.2, 0.25) is 0 Å². The van der Waals surface area contributed by atoms with Crippen LogP contribution in [0.2, 0.25) is 0 Å². The first-order valence-electron chi connectivity index (χ1n) is 6.32. The van der Waals surface area contributed by atoms with Crippen LogP contribution in [0.5, 0.6) is 0 Å². The largest absolute Gasteiger partial charge is 0.262 e. The summed E-state index contributed by atoms with van der Waals surface area (Å²) in [5, 5.41) is 12.0. The third-order valence-electron chi connectivity index (χ3n) is 3.33. The molecular weight excluding hydrogens is 272 g/mol. The van der Waals surface area contributed by atoms with E-state index in [1.165, 1.54) is 0 Å². The molecule has 0 saturated heterocycles. The van der Waals surface area contributed by atoms with Crippen LogP contribution in [0, 0.1) is 6.92 Å². The van der Waals surface area contributed by atoms with Gasteiger partial charge in [0.25, 0.3) is 0 Å². The summed E-state index contributed by atoms with van der Waals surface area (Å²) in [6.45, 7) is 4.01. The fourth-order valence-corrected chi connectivity index (χ4v) is 2.95. The summed E-state index contributed by atoms with van der Waals surface area (Å²) in [7, 11) is 0. The highest BCUT2D eigenvalue weighted by Crippen LogP contribution is 2.23. The van der Waals surface area contributed by atoms with Gasteiger partial charge in [-0.25, -0.2) is 14.5 Å². The number of rotatable bonds is 2. The van der Waals surface area contributed by atoms with Crippen LogP contribution in [0.1, 0.15) is 24.5 Å². The van der Waals surface area contributed by atoms with E-state index in [2.05, 4.69) is 20.2 Å². The van der Waals surface area contributed by atoms with Gasteiger partial charge < -0.3 is 0 Å². The molecule has 0 amide bonds. The first-order valence-corrected chi connectivity index (χ1v) is 7.20. The molecule has 0 bridgehead atoms. The normalized spacial score (nSPS) is 13.3. The van der Waals surface area contributed by atoms with Crippen molar-refractivity contribution in [2.24, 2.45) is 0 Å². The summed E-state index contributed by atoms with van der Waals surface area (Å²) in [5.41, 5.74) is 1.84. The van der Waals surface area contributed by atoms with Crippen molar-refractivity contribution in [1.29, 1.82) is 0 Å². The molecule has 0 saturated carbocycles. The van der Waals surface area contributed by atoms with E-state index in [4.69, 9.17) is 0 Å². The molecule has 0 fully saturated rings. The van der Waals surface area contributed by atoms with Crippen LogP contribution in [0.15, 0.2) is 30.0 Å². The minimum atomic E-state index is -0.00251. The molecular formula is C13H12N6S. The van der Waals surface area contributed by atoms with Gasteiger partial charge in [-0.05, 0) is 31.4 Å². The number of thiophene rings is 1. The molecule has 4 rings (SSSR count). The second-order valence-electron chi connectivity index (χ2n) is 4.74. The van der Waals surface area contributed by atoms with Crippen molar-refractivity contribution in [1.82, 2.24) is 29.4 Å². The molecule has 20 heavy (non-hydrogen) atoms. The Morgan fingerprint density at radius 3 is 2.95 bits per heavy atom. The zero-order chi connectivity index (χ0) is 13.7. The lowest BCUT2D eigenvalue weighted by atomic mass is 10.3. The van der Waals surface area contributed by atoms with Crippen LogP contribution >= 0.6 is 11.3 Å². The maximum atomic E-state index is 4.66.